The number of imidazole rings is 1. The molecule has 0 saturated carbocycles. The van der Waals surface area contributed by atoms with Gasteiger partial charge in [-0.2, -0.15) is 13.2 Å². The minimum absolute atomic E-state index is 0.230. The van der Waals surface area contributed by atoms with E-state index in [9.17, 15) is 22.8 Å². The number of alkyl halides is 3. The fourth-order valence-corrected chi connectivity index (χ4v) is 2.13. The lowest BCUT2D eigenvalue weighted by atomic mass is 10.1. The topological polar surface area (TPSA) is 63.5 Å². The first-order chi connectivity index (χ1) is 11.3. The maximum Gasteiger partial charge on any atom is 0.471 e. The Kier molecular flexibility index (Phi) is 3.80. The van der Waals surface area contributed by atoms with Crippen LogP contribution in [0.1, 0.15) is 15.9 Å². The molecule has 0 bridgehead atoms. The summed E-state index contributed by atoms with van der Waals surface area (Å²) < 4.78 is 38.1. The number of hydrogen-bond donors (Lipinski definition) is 1. The highest BCUT2D eigenvalue weighted by molar-refractivity contribution is 6.08. The SMILES string of the molecule is O=C(c1ccccc1)c1ccc2nc(NC(=O)C(F)(F)F)cn2c1. The zero-order chi connectivity index (χ0) is 17.3. The number of anilines is 1. The molecule has 0 radical (unpaired) electrons. The smallest absolute Gasteiger partial charge is 0.304 e. The number of carbonyl (C=O) groups excluding carboxylic acids is 2. The molecule has 8 heteroatoms. The molecule has 3 aromatic rings. The molecule has 5 nitrogen and oxygen atoms in total. The molecule has 2 heterocycles. The third kappa shape index (κ3) is 3.12. The van der Waals surface area contributed by atoms with Crippen molar-refractivity contribution in [2.75, 3.05) is 5.32 Å². The number of fused-ring (bicyclic) bond motifs is 1. The van der Waals surface area contributed by atoms with Crippen molar-refractivity contribution in [3.63, 3.8) is 0 Å². The lowest BCUT2D eigenvalue weighted by Gasteiger charge is -2.04. The van der Waals surface area contributed by atoms with Gasteiger partial charge >= 0.3 is 12.1 Å². The molecule has 122 valence electrons. The highest BCUT2D eigenvalue weighted by Crippen LogP contribution is 2.19. The van der Waals surface area contributed by atoms with Gasteiger partial charge in [-0.25, -0.2) is 4.98 Å². The van der Waals surface area contributed by atoms with Crippen LogP contribution in [0.5, 0.6) is 0 Å². The molecule has 0 atom stereocenters. The van der Waals surface area contributed by atoms with Crippen LogP contribution in [0.4, 0.5) is 19.0 Å². The summed E-state index contributed by atoms with van der Waals surface area (Å²) in [4.78, 5) is 27.1. The number of nitrogens with one attached hydrogen (secondary N) is 1. The van der Waals surface area contributed by atoms with E-state index in [2.05, 4.69) is 4.98 Å². The number of aromatic nitrogens is 2. The van der Waals surface area contributed by atoms with Crippen molar-refractivity contribution >= 4 is 23.2 Å². The van der Waals surface area contributed by atoms with Crippen molar-refractivity contribution in [2.45, 2.75) is 6.18 Å². The average Bonchev–Trinajstić information content (AvgIpc) is 2.95. The van der Waals surface area contributed by atoms with Crippen LogP contribution < -0.4 is 5.32 Å². The molecule has 2 aromatic heterocycles. The van der Waals surface area contributed by atoms with Gasteiger partial charge in [0.15, 0.2) is 11.6 Å². The van der Waals surface area contributed by atoms with E-state index in [1.54, 1.807) is 35.6 Å². The average molecular weight is 333 g/mol. The molecule has 0 aliphatic heterocycles. The van der Waals surface area contributed by atoms with Gasteiger partial charge in [-0.1, -0.05) is 30.3 Å². The standard InChI is InChI=1S/C16H10F3N3O2/c17-16(18,19)15(24)21-12-9-22-8-11(6-7-13(22)20-12)14(23)10-4-2-1-3-5-10/h1-9H,(H,21,24). The lowest BCUT2D eigenvalue weighted by molar-refractivity contribution is -0.167. The van der Waals surface area contributed by atoms with Crippen LogP contribution in [-0.4, -0.2) is 27.3 Å². The number of pyridine rings is 1. The van der Waals surface area contributed by atoms with Crippen LogP contribution in [0.15, 0.2) is 54.9 Å². The highest BCUT2D eigenvalue weighted by atomic mass is 19.4. The van der Waals surface area contributed by atoms with Gasteiger partial charge in [0, 0.05) is 17.3 Å². The number of benzene rings is 1. The fourth-order valence-electron chi connectivity index (χ4n) is 2.13. The molecule has 0 spiro atoms. The number of carbonyl (C=O) groups is 2. The predicted molar refractivity (Wildman–Crippen MR) is 79.8 cm³/mol. The summed E-state index contributed by atoms with van der Waals surface area (Å²) in [6, 6.07) is 11.6. The van der Waals surface area contributed by atoms with E-state index in [1.807, 2.05) is 0 Å². The van der Waals surface area contributed by atoms with Crippen LogP contribution in [0.3, 0.4) is 0 Å². The number of rotatable bonds is 3. The number of ketones is 1. The molecule has 1 amide bonds. The summed E-state index contributed by atoms with van der Waals surface area (Å²) in [5, 5.41) is 1.67. The first kappa shape index (κ1) is 15.7. The zero-order valence-electron chi connectivity index (χ0n) is 12.0. The van der Waals surface area contributed by atoms with Crippen molar-refractivity contribution in [3.8, 4) is 0 Å². The summed E-state index contributed by atoms with van der Waals surface area (Å²) in [7, 11) is 0. The van der Waals surface area contributed by atoms with E-state index in [0.29, 0.717) is 16.8 Å². The number of amides is 1. The Bertz CT molecular complexity index is 917. The van der Waals surface area contributed by atoms with E-state index in [0.717, 1.165) is 0 Å². The minimum Gasteiger partial charge on any atom is -0.304 e. The maximum absolute atomic E-state index is 12.4. The molecule has 1 N–H and O–H groups in total. The molecule has 0 saturated heterocycles. The highest BCUT2D eigenvalue weighted by Gasteiger charge is 2.39. The third-order valence-electron chi connectivity index (χ3n) is 3.25. The van der Waals surface area contributed by atoms with Crippen LogP contribution >= 0.6 is 0 Å². The summed E-state index contributed by atoms with van der Waals surface area (Å²) in [6.07, 6.45) is -2.34. The van der Waals surface area contributed by atoms with Crippen molar-refractivity contribution in [3.05, 3.63) is 66.0 Å². The van der Waals surface area contributed by atoms with Gasteiger partial charge in [-0.3, -0.25) is 9.59 Å². The molecule has 0 aliphatic carbocycles. The van der Waals surface area contributed by atoms with E-state index in [4.69, 9.17) is 0 Å². The maximum atomic E-state index is 12.4. The minimum atomic E-state index is -5.00. The predicted octanol–water partition coefficient (Wildman–Crippen LogP) is 3.07. The van der Waals surface area contributed by atoms with Crippen molar-refractivity contribution in [1.29, 1.82) is 0 Å². The molecule has 0 aliphatic rings. The largest absolute Gasteiger partial charge is 0.471 e. The lowest BCUT2D eigenvalue weighted by Crippen LogP contribution is -2.30. The van der Waals surface area contributed by atoms with Crippen LogP contribution in [0, 0.1) is 0 Å². The first-order valence-electron chi connectivity index (χ1n) is 6.81. The Morgan fingerprint density at radius 1 is 0.958 bits per heavy atom. The zero-order valence-corrected chi connectivity index (χ0v) is 12.0. The Labute approximate surface area is 133 Å². The quantitative estimate of drug-likeness (QED) is 0.749. The Morgan fingerprint density at radius 2 is 1.67 bits per heavy atom. The molecular formula is C16H10F3N3O2. The van der Waals surface area contributed by atoms with Gasteiger partial charge in [-0.05, 0) is 12.1 Å². The van der Waals surface area contributed by atoms with E-state index < -0.39 is 12.1 Å². The van der Waals surface area contributed by atoms with Crippen molar-refractivity contribution < 1.29 is 22.8 Å². The third-order valence-corrected chi connectivity index (χ3v) is 3.25. The second-order valence-electron chi connectivity index (χ2n) is 4.96. The van der Waals surface area contributed by atoms with Crippen LogP contribution in [0.2, 0.25) is 0 Å². The Balaban J connectivity index is 1.89. The molecule has 0 fully saturated rings. The summed E-state index contributed by atoms with van der Waals surface area (Å²) in [5.74, 6) is -2.58. The van der Waals surface area contributed by atoms with E-state index in [1.165, 1.54) is 28.9 Å². The Morgan fingerprint density at radius 3 is 2.33 bits per heavy atom. The fraction of sp³-hybridized carbons (Fsp3) is 0.0625. The summed E-state index contributed by atoms with van der Waals surface area (Å²) in [6.45, 7) is 0. The van der Waals surface area contributed by atoms with Gasteiger partial charge < -0.3 is 9.72 Å². The summed E-state index contributed by atoms with van der Waals surface area (Å²) in [5.41, 5.74) is 1.14. The van der Waals surface area contributed by atoms with Crippen molar-refractivity contribution in [2.24, 2.45) is 0 Å². The molecule has 0 unspecified atom stereocenters. The van der Waals surface area contributed by atoms with Crippen molar-refractivity contribution in [1.82, 2.24) is 9.38 Å². The Hall–Kier alpha value is -3.16. The first-order valence-corrected chi connectivity index (χ1v) is 6.81. The second-order valence-corrected chi connectivity index (χ2v) is 4.96. The molecular weight excluding hydrogens is 323 g/mol. The second kappa shape index (κ2) is 5.80. The number of hydrogen-bond acceptors (Lipinski definition) is 3. The monoisotopic (exact) mass is 333 g/mol. The van der Waals surface area contributed by atoms with E-state index in [-0.39, 0.29) is 11.6 Å². The van der Waals surface area contributed by atoms with Gasteiger partial charge in [0.2, 0.25) is 0 Å². The molecule has 1 aromatic carbocycles. The van der Waals surface area contributed by atoms with Gasteiger partial charge in [0.25, 0.3) is 0 Å². The van der Waals surface area contributed by atoms with Gasteiger partial charge in [0.1, 0.15) is 5.65 Å². The number of nitrogens with zero attached hydrogens (tertiary/aromatic N) is 2. The van der Waals surface area contributed by atoms with Gasteiger partial charge in [-0.15, -0.1) is 0 Å². The van der Waals surface area contributed by atoms with Crippen LogP contribution in [0.25, 0.3) is 5.65 Å². The van der Waals surface area contributed by atoms with E-state index >= 15 is 0 Å². The molecule has 3 rings (SSSR count). The number of halogens is 3. The van der Waals surface area contributed by atoms with Crippen LogP contribution in [-0.2, 0) is 4.79 Å². The van der Waals surface area contributed by atoms with Gasteiger partial charge in [0.05, 0.1) is 6.20 Å². The molecule has 24 heavy (non-hydrogen) atoms. The summed E-state index contributed by atoms with van der Waals surface area (Å²) >= 11 is 0. The normalized spacial score (nSPS) is 11.5.